The van der Waals surface area contributed by atoms with Gasteiger partial charge < -0.3 is 29.3 Å². The molecule has 3 saturated heterocycles. The number of alkyl halides is 1. The Morgan fingerprint density at radius 1 is 1.08 bits per heavy atom. The highest BCUT2D eigenvalue weighted by atomic mass is 79.9. The van der Waals surface area contributed by atoms with E-state index in [0.717, 1.165) is 10.8 Å². The number of likely N-dealkylation sites (N-methyl/N-ethyl adjacent to an activating group) is 1. The number of carbonyl (C=O) groups excluding carboxylic acids is 4. The third-order valence-electron chi connectivity index (χ3n) is 11.3. The number of anilines is 1. The van der Waals surface area contributed by atoms with Crippen molar-refractivity contribution in [1.82, 2.24) is 9.80 Å². The topological polar surface area (TPSA) is 117 Å². The molecule has 0 saturated carbocycles. The average molecular weight is 787 g/mol. The Morgan fingerprint density at radius 3 is 2.43 bits per heavy atom. The monoisotopic (exact) mass is 785 g/mol. The molecule has 1 unspecified atom stereocenters. The third-order valence-corrected chi connectivity index (χ3v) is 12.2. The van der Waals surface area contributed by atoms with Gasteiger partial charge in [-0.25, -0.2) is 0 Å². The van der Waals surface area contributed by atoms with Crippen molar-refractivity contribution >= 4 is 56.1 Å². The lowest BCUT2D eigenvalue weighted by atomic mass is 9.70. The zero-order valence-electron chi connectivity index (χ0n) is 30.5. The van der Waals surface area contributed by atoms with Crippen LogP contribution in [0.4, 0.5) is 5.69 Å². The van der Waals surface area contributed by atoms with Crippen molar-refractivity contribution in [2.24, 2.45) is 11.8 Å². The van der Waals surface area contributed by atoms with Crippen LogP contribution in [-0.4, -0.2) is 93.5 Å². The Morgan fingerprint density at radius 2 is 1.77 bits per heavy atom. The molecule has 2 bridgehead atoms. The van der Waals surface area contributed by atoms with Gasteiger partial charge in [0, 0.05) is 30.5 Å². The molecule has 0 aromatic heterocycles. The van der Waals surface area contributed by atoms with Crippen LogP contribution < -0.4 is 4.90 Å². The molecular weight excluding hydrogens is 738 g/mol. The van der Waals surface area contributed by atoms with Crippen LogP contribution in [0.2, 0.25) is 0 Å². The number of carbonyl (C=O) groups is 4. The van der Waals surface area contributed by atoms with Gasteiger partial charge >= 0.3 is 5.97 Å². The Bertz CT molecular complexity index is 1870. The number of rotatable bonds is 15. The fraction of sp³-hybridized carbons (Fsp3) is 0.429. The minimum absolute atomic E-state index is 0.120. The molecule has 1 N–H and O–H groups in total. The van der Waals surface area contributed by atoms with E-state index in [1.165, 1.54) is 4.90 Å². The predicted octanol–water partition coefficient (Wildman–Crippen LogP) is 5.98. The van der Waals surface area contributed by atoms with Gasteiger partial charge in [-0.15, -0.1) is 13.2 Å². The van der Waals surface area contributed by atoms with Crippen LogP contribution in [0.3, 0.4) is 0 Å². The fourth-order valence-corrected chi connectivity index (χ4v) is 9.43. The van der Waals surface area contributed by atoms with Crippen LogP contribution in [0.15, 0.2) is 98.1 Å². The van der Waals surface area contributed by atoms with Gasteiger partial charge in [0.1, 0.15) is 17.7 Å². The van der Waals surface area contributed by atoms with Crippen molar-refractivity contribution in [3.8, 4) is 0 Å². The van der Waals surface area contributed by atoms with Crippen LogP contribution in [0, 0.1) is 11.8 Å². The molecule has 3 amide bonds. The summed E-state index contributed by atoms with van der Waals surface area (Å²) in [5, 5.41) is 12.5. The van der Waals surface area contributed by atoms with Gasteiger partial charge in [0.2, 0.25) is 11.8 Å². The number of benzene rings is 3. The molecule has 3 aliphatic heterocycles. The van der Waals surface area contributed by atoms with Crippen LogP contribution in [0.25, 0.3) is 10.8 Å². The summed E-state index contributed by atoms with van der Waals surface area (Å²) in [6, 6.07) is 20.4. The molecule has 3 aromatic carbocycles. The molecule has 10 nitrogen and oxygen atoms in total. The van der Waals surface area contributed by atoms with Crippen LogP contribution in [-0.2, 0) is 28.7 Å². The maximum absolute atomic E-state index is 15.1. The maximum atomic E-state index is 15.1. The smallest absolute Gasteiger partial charge is 0.313 e. The summed E-state index contributed by atoms with van der Waals surface area (Å²) in [5.74, 6) is -3.66. The van der Waals surface area contributed by atoms with E-state index in [2.05, 4.69) is 29.1 Å². The van der Waals surface area contributed by atoms with Crippen molar-refractivity contribution in [2.45, 2.75) is 80.3 Å². The van der Waals surface area contributed by atoms with E-state index >= 15 is 4.79 Å². The average Bonchev–Trinajstić information content (AvgIpc) is 3.78. The van der Waals surface area contributed by atoms with Gasteiger partial charge in [-0.3, -0.25) is 19.2 Å². The highest BCUT2D eigenvalue weighted by molar-refractivity contribution is 9.09. The first kappa shape index (κ1) is 38.4. The van der Waals surface area contributed by atoms with Crippen molar-refractivity contribution in [2.75, 3.05) is 25.1 Å². The third kappa shape index (κ3) is 6.83. The van der Waals surface area contributed by atoms with Gasteiger partial charge in [-0.1, -0.05) is 95.7 Å². The van der Waals surface area contributed by atoms with Crippen LogP contribution >= 0.6 is 15.9 Å². The molecule has 3 fully saturated rings. The van der Waals surface area contributed by atoms with Crippen LogP contribution in [0.1, 0.15) is 51.2 Å². The number of aliphatic hydroxyl groups is 1. The lowest BCUT2D eigenvalue weighted by molar-refractivity contribution is -0.165. The molecule has 53 heavy (non-hydrogen) atoms. The summed E-state index contributed by atoms with van der Waals surface area (Å²) >= 11 is 3.76. The van der Waals surface area contributed by atoms with Gasteiger partial charge in [0.15, 0.2) is 0 Å². The summed E-state index contributed by atoms with van der Waals surface area (Å²) in [5.41, 5.74) is -0.0516. The van der Waals surface area contributed by atoms with E-state index in [-0.39, 0.29) is 36.2 Å². The molecule has 11 heteroatoms. The number of ether oxygens (including phenoxy) is 2. The molecule has 280 valence electrons. The minimum Gasteiger partial charge on any atom is -0.455 e. The van der Waals surface area contributed by atoms with Gasteiger partial charge in [-0.2, -0.15) is 0 Å². The number of halogens is 1. The van der Waals surface area contributed by atoms with Gasteiger partial charge in [0.05, 0.1) is 36.6 Å². The summed E-state index contributed by atoms with van der Waals surface area (Å²) in [6.07, 6.45) is 3.16. The Balaban J connectivity index is 1.38. The van der Waals surface area contributed by atoms with Crippen molar-refractivity contribution in [1.29, 1.82) is 0 Å². The fourth-order valence-electron chi connectivity index (χ4n) is 8.49. The number of aliphatic hydroxyl groups excluding tert-OH is 1. The standard InChI is InChI=1S/C42H48BrN3O7/c1-6-9-19-33(48)44(5)26(4)36(28-16-11-10-12-17-28)52-41(51)34-35-39(49)46(30(8-3)25-47)38(42(35)24-32(43)37(34)53-42)40(50)45(22-7-2)31-21-20-27-15-13-14-18-29(27)23-31/h6-7,10-18,20-21,23,26,30,32,34-38,47H,1-2,8-9,19,22,24-25H2,3-5H3/t26-,30+,32?,34-,35+,36+,37-,38-,42+/m1/s1. The molecule has 0 radical (unpaired) electrons. The van der Waals surface area contributed by atoms with Crippen LogP contribution in [0.5, 0.6) is 0 Å². The first-order chi connectivity index (χ1) is 25.5. The second-order valence-electron chi connectivity index (χ2n) is 14.3. The maximum Gasteiger partial charge on any atom is 0.313 e. The summed E-state index contributed by atoms with van der Waals surface area (Å²) in [7, 11) is 1.68. The van der Waals surface area contributed by atoms with E-state index in [1.807, 2.05) is 86.6 Å². The number of likely N-dealkylation sites (tertiary alicyclic amines) is 1. The summed E-state index contributed by atoms with van der Waals surface area (Å²) in [4.78, 5) is 61.9. The largest absolute Gasteiger partial charge is 0.455 e. The Kier molecular flexibility index (Phi) is 11.6. The molecule has 0 aliphatic carbocycles. The zero-order valence-corrected chi connectivity index (χ0v) is 32.1. The second-order valence-corrected chi connectivity index (χ2v) is 15.4. The number of nitrogens with zero attached hydrogens (tertiary/aromatic N) is 3. The normalized spacial score (nSPS) is 26.1. The SMILES string of the molecule is C=CCCC(=O)N(C)[C@H](C)[C@H](OC(=O)[C@H]1[C@@H]2O[C@@]3(CC2Br)[C@@H]1C(=O)N([C@@H](CC)CO)[C@@H]3C(=O)N(CC=C)c1ccc2ccccc2c1)c1ccccc1. The first-order valence-corrected chi connectivity index (χ1v) is 19.2. The summed E-state index contributed by atoms with van der Waals surface area (Å²) in [6.45, 7) is 11.1. The molecule has 3 heterocycles. The second kappa shape index (κ2) is 16.0. The minimum atomic E-state index is -1.37. The lowest BCUT2D eigenvalue weighted by Crippen LogP contribution is -2.59. The highest BCUT2D eigenvalue weighted by Gasteiger charge is 2.77. The number of hydrogen-bond donors (Lipinski definition) is 1. The van der Waals surface area contributed by atoms with Crippen molar-refractivity contribution < 1.29 is 33.8 Å². The predicted molar refractivity (Wildman–Crippen MR) is 207 cm³/mol. The van der Waals surface area contributed by atoms with E-state index in [1.54, 1.807) is 29.0 Å². The highest BCUT2D eigenvalue weighted by Crippen LogP contribution is 2.61. The first-order valence-electron chi connectivity index (χ1n) is 18.3. The quantitative estimate of drug-likeness (QED) is 0.115. The Hall–Kier alpha value is -4.32. The molecule has 6 rings (SSSR count). The van der Waals surface area contributed by atoms with Gasteiger partial charge in [-0.05, 0) is 54.7 Å². The van der Waals surface area contributed by atoms with E-state index in [0.29, 0.717) is 30.5 Å². The molecule has 1 spiro atoms. The van der Waals surface area contributed by atoms with E-state index in [9.17, 15) is 19.5 Å². The van der Waals surface area contributed by atoms with Crippen molar-refractivity contribution in [3.05, 3.63) is 104 Å². The number of fused-ring (bicyclic) bond motifs is 2. The number of esters is 1. The molecule has 3 aliphatic rings. The summed E-state index contributed by atoms with van der Waals surface area (Å²) < 4.78 is 13.1. The molecular formula is C42H48BrN3O7. The van der Waals surface area contributed by atoms with Gasteiger partial charge in [0.25, 0.3) is 5.91 Å². The van der Waals surface area contributed by atoms with Crippen molar-refractivity contribution in [3.63, 3.8) is 0 Å². The lowest BCUT2D eigenvalue weighted by Gasteiger charge is -2.39. The number of amides is 3. The number of hydrogen-bond acceptors (Lipinski definition) is 7. The Labute approximate surface area is 319 Å². The molecule has 9 atom stereocenters. The van der Waals surface area contributed by atoms with E-state index in [4.69, 9.17) is 9.47 Å². The molecule has 3 aromatic rings. The van der Waals surface area contributed by atoms with E-state index < -0.39 is 59.6 Å². The zero-order chi connectivity index (χ0) is 38.0. The number of allylic oxidation sites excluding steroid dienone is 1.